The van der Waals surface area contributed by atoms with Crippen LogP contribution in [0.5, 0.6) is 5.75 Å². The van der Waals surface area contributed by atoms with E-state index in [0.717, 1.165) is 5.75 Å². The summed E-state index contributed by atoms with van der Waals surface area (Å²) in [4.78, 5) is 0. The summed E-state index contributed by atoms with van der Waals surface area (Å²) in [7, 11) is 0. The van der Waals surface area contributed by atoms with Crippen LogP contribution in [0, 0.1) is 0 Å². The second-order valence-electron chi connectivity index (χ2n) is 4.94. The molecule has 0 amide bonds. The Morgan fingerprint density at radius 1 is 1.20 bits per heavy atom. The van der Waals surface area contributed by atoms with Gasteiger partial charge in [-0.2, -0.15) is 0 Å². The largest absolute Gasteiger partial charge is 0.489 e. The quantitative estimate of drug-likeness (QED) is 0.827. The Labute approximate surface area is 92.4 Å². The third-order valence-corrected chi connectivity index (χ3v) is 2.39. The van der Waals surface area contributed by atoms with Crippen LogP contribution in [-0.4, -0.2) is 12.6 Å². The molecule has 1 aromatic rings. The van der Waals surface area contributed by atoms with Crippen LogP contribution >= 0.6 is 0 Å². The van der Waals surface area contributed by atoms with Gasteiger partial charge in [0.05, 0.1) is 0 Å². The summed E-state index contributed by atoms with van der Waals surface area (Å²) in [6.07, 6.45) is 0.0745. The Morgan fingerprint density at radius 2 is 1.73 bits per heavy atom. The van der Waals surface area contributed by atoms with Crippen molar-refractivity contribution < 1.29 is 4.74 Å². The summed E-state index contributed by atoms with van der Waals surface area (Å²) in [6, 6.07) is 8.23. The van der Waals surface area contributed by atoms with E-state index in [0.29, 0.717) is 6.54 Å². The lowest BCUT2D eigenvalue weighted by molar-refractivity contribution is 0.230. The third kappa shape index (κ3) is 3.56. The van der Waals surface area contributed by atoms with Gasteiger partial charge in [0.25, 0.3) is 0 Å². The van der Waals surface area contributed by atoms with Gasteiger partial charge >= 0.3 is 0 Å². The lowest BCUT2D eigenvalue weighted by Crippen LogP contribution is -2.22. The summed E-state index contributed by atoms with van der Waals surface area (Å²) in [6.45, 7) is 9.11. The van der Waals surface area contributed by atoms with Crippen LogP contribution in [0.15, 0.2) is 24.3 Å². The van der Waals surface area contributed by atoms with E-state index in [9.17, 15) is 0 Å². The van der Waals surface area contributed by atoms with Gasteiger partial charge in [-0.3, -0.25) is 0 Å². The first-order valence-electron chi connectivity index (χ1n) is 5.41. The van der Waals surface area contributed by atoms with Crippen molar-refractivity contribution in [3.05, 3.63) is 29.8 Å². The monoisotopic (exact) mass is 207 g/mol. The highest BCUT2D eigenvalue weighted by Gasteiger charge is 2.13. The number of rotatable bonds is 3. The molecule has 0 fully saturated rings. The molecule has 1 atom stereocenters. The van der Waals surface area contributed by atoms with E-state index in [2.05, 4.69) is 32.9 Å². The minimum Gasteiger partial charge on any atom is -0.489 e. The maximum absolute atomic E-state index is 5.61. The molecule has 1 unspecified atom stereocenters. The van der Waals surface area contributed by atoms with E-state index >= 15 is 0 Å². The molecule has 1 rings (SSSR count). The second kappa shape index (κ2) is 4.67. The van der Waals surface area contributed by atoms with Gasteiger partial charge in [-0.1, -0.05) is 32.9 Å². The smallest absolute Gasteiger partial charge is 0.119 e. The summed E-state index contributed by atoms with van der Waals surface area (Å²) in [5.41, 5.74) is 7.00. The maximum atomic E-state index is 5.61. The topological polar surface area (TPSA) is 35.2 Å². The van der Waals surface area contributed by atoms with E-state index in [1.165, 1.54) is 5.56 Å². The van der Waals surface area contributed by atoms with Crippen LogP contribution < -0.4 is 10.5 Å². The van der Waals surface area contributed by atoms with Crippen molar-refractivity contribution in [3.8, 4) is 5.75 Å². The second-order valence-corrected chi connectivity index (χ2v) is 4.94. The SMILES string of the molecule is CC(CN)Oc1ccc(C(C)(C)C)cc1. The summed E-state index contributed by atoms with van der Waals surface area (Å²) in [5, 5.41) is 0. The molecule has 2 heteroatoms. The van der Waals surface area contributed by atoms with Gasteiger partial charge in [-0.15, -0.1) is 0 Å². The number of benzene rings is 1. The average molecular weight is 207 g/mol. The maximum Gasteiger partial charge on any atom is 0.119 e. The fourth-order valence-electron chi connectivity index (χ4n) is 1.31. The molecule has 0 aliphatic heterocycles. The van der Waals surface area contributed by atoms with Crippen LogP contribution in [0.4, 0.5) is 0 Å². The van der Waals surface area contributed by atoms with Gasteiger partial charge in [0.2, 0.25) is 0 Å². The fraction of sp³-hybridized carbons (Fsp3) is 0.538. The van der Waals surface area contributed by atoms with Crippen molar-refractivity contribution >= 4 is 0 Å². The molecule has 0 heterocycles. The van der Waals surface area contributed by atoms with Crippen molar-refractivity contribution in [1.82, 2.24) is 0 Å². The zero-order chi connectivity index (χ0) is 11.5. The van der Waals surface area contributed by atoms with Gasteiger partial charge in [-0.25, -0.2) is 0 Å². The highest BCUT2D eigenvalue weighted by atomic mass is 16.5. The van der Waals surface area contributed by atoms with E-state index in [1.54, 1.807) is 0 Å². The summed E-state index contributed by atoms with van der Waals surface area (Å²) < 4.78 is 5.61. The first-order chi connectivity index (χ1) is 6.93. The minimum absolute atomic E-state index is 0.0745. The molecule has 0 aliphatic carbocycles. The zero-order valence-corrected chi connectivity index (χ0v) is 10.1. The van der Waals surface area contributed by atoms with E-state index < -0.39 is 0 Å². The van der Waals surface area contributed by atoms with Gasteiger partial charge in [0.15, 0.2) is 0 Å². The van der Waals surface area contributed by atoms with Crippen molar-refractivity contribution in [1.29, 1.82) is 0 Å². The molecule has 0 aromatic heterocycles. The highest BCUT2D eigenvalue weighted by molar-refractivity contribution is 5.31. The third-order valence-electron chi connectivity index (χ3n) is 2.39. The average Bonchev–Trinajstić information content (AvgIpc) is 2.17. The molecule has 84 valence electrons. The Kier molecular flexibility index (Phi) is 3.75. The number of hydrogen-bond donors (Lipinski definition) is 1. The van der Waals surface area contributed by atoms with Crippen molar-refractivity contribution in [2.75, 3.05) is 6.54 Å². The minimum atomic E-state index is 0.0745. The zero-order valence-electron chi connectivity index (χ0n) is 10.1. The highest BCUT2D eigenvalue weighted by Crippen LogP contribution is 2.24. The van der Waals surface area contributed by atoms with Crippen LogP contribution in [0.3, 0.4) is 0 Å². The lowest BCUT2D eigenvalue weighted by Gasteiger charge is -2.19. The van der Waals surface area contributed by atoms with Crippen LogP contribution in [0.1, 0.15) is 33.3 Å². The summed E-state index contributed by atoms with van der Waals surface area (Å²) >= 11 is 0. The van der Waals surface area contributed by atoms with Crippen molar-refractivity contribution in [2.45, 2.75) is 39.2 Å². The Morgan fingerprint density at radius 3 is 2.13 bits per heavy atom. The molecule has 0 spiro atoms. The molecule has 1 aromatic carbocycles. The van der Waals surface area contributed by atoms with E-state index in [4.69, 9.17) is 10.5 Å². The lowest BCUT2D eigenvalue weighted by atomic mass is 9.87. The molecule has 0 radical (unpaired) electrons. The van der Waals surface area contributed by atoms with Gasteiger partial charge < -0.3 is 10.5 Å². The number of ether oxygens (including phenoxy) is 1. The Hall–Kier alpha value is -1.02. The first kappa shape index (κ1) is 12.1. The van der Waals surface area contributed by atoms with Crippen molar-refractivity contribution in [3.63, 3.8) is 0 Å². The molecule has 15 heavy (non-hydrogen) atoms. The molecular weight excluding hydrogens is 186 g/mol. The van der Waals surface area contributed by atoms with Gasteiger partial charge in [0.1, 0.15) is 11.9 Å². The molecule has 2 nitrogen and oxygen atoms in total. The van der Waals surface area contributed by atoms with Crippen molar-refractivity contribution in [2.24, 2.45) is 5.73 Å². The van der Waals surface area contributed by atoms with E-state index in [1.807, 2.05) is 19.1 Å². The summed E-state index contributed by atoms with van der Waals surface area (Å²) in [5.74, 6) is 0.890. The molecule has 0 bridgehead atoms. The molecule has 0 saturated heterocycles. The predicted molar refractivity (Wildman–Crippen MR) is 64.3 cm³/mol. The van der Waals surface area contributed by atoms with Crippen LogP contribution in [0.25, 0.3) is 0 Å². The normalized spacial score (nSPS) is 13.7. The van der Waals surface area contributed by atoms with E-state index in [-0.39, 0.29) is 11.5 Å². The Bertz CT molecular complexity index is 297. The first-order valence-corrected chi connectivity index (χ1v) is 5.41. The number of nitrogens with two attached hydrogens (primary N) is 1. The standard InChI is InChI=1S/C13H21NO/c1-10(9-14)15-12-7-5-11(6-8-12)13(2,3)4/h5-8,10H,9,14H2,1-4H3. The number of hydrogen-bond acceptors (Lipinski definition) is 2. The predicted octanol–water partition coefficient (Wildman–Crippen LogP) is 2.71. The molecule has 0 saturated carbocycles. The molecule has 0 aliphatic rings. The molecule has 2 N–H and O–H groups in total. The fourth-order valence-corrected chi connectivity index (χ4v) is 1.31. The van der Waals surface area contributed by atoms with Gasteiger partial charge in [0, 0.05) is 6.54 Å². The van der Waals surface area contributed by atoms with Crippen LogP contribution in [-0.2, 0) is 5.41 Å². The van der Waals surface area contributed by atoms with Gasteiger partial charge in [-0.05, 0) is 30.0 Å². The Balaban J connectivity index is 2.73. The van der Waals surface area contributed by atoms with Crippen LogP contribution in [0.2, 0.25) is 0 Å². The molecular formula is C13H21NO.